The highest BCUT2D eigenvalue weighted by atomic mass is 32.2. The Morgan fingerprint density at radius 2 is 1.97 bits per heavy atom. The molecule has 0 bridgehead atoms. The zero-order valence-electron chi connectivity index (χ0n) is 17.8. The van der Waals surface area contributed by atoms with E-state index in [1.807, 2.05) is 18.6 Å². The number of nitrogens with zero attached hydrogens (tertiary/aromatic N) is 2. The van der Waals surface area contributed by atoms with Gasteiger partial charge >= 0.3 is 6.18 Å². The lowest BCUT2D eigenvalue weighted by Gasteiger charge is -2.21. The first-order valence-corrected chi connectivity index (χ1v) is 11.8. The number of hydrogen-bond acceptors (Lipinski definition) is 3. The van der Waals surface area contributed by atoms with E-state index in [-0.39, 0.29) is 22.4 Å². The van der Waals surface area contributed by atoms with Crippen LogP contribution in [0.4, 0.5) is 17.6 Å². The molecule has 32 heavy (non-hydrogen) atoms. The van der Waals surface area contributed by atoms with Crippen molar-refractivity contribution < 1.29 is 26.0 Å². The molecule has 1 aliphatic carbocycles. The van der Waals surface area contributed by atoms with Crippen LogP contribution in [0.25, 0.3) is 22.2 Å². The van der Waals surface area contributed by atoms with Crippen LogP contribution in [0.15, 0.2) is 24.5 Å². The number of aryl methyl sites for hydroxylation is 1. The standard InChI is InChI=1S/C21H24F4N4O2S/c1-11(2)9-29-10-16(20(21(23,24)25)28-32(30,31)13-4-5-13)14-6-17(22)15(7-18(14)29)19-12(3)8-26-27-19/h6-8,10-11,13,20,28H,4-5,9H2,1-3H3,(H,26,27)/t20-/m0/s1. The van der Waals surface area contributed by atoms with Crippen LogP contribution in [0, 0.1) is 18.7 Å². The van der Waals surface area contributed by atoms with Crippen LogP contribution < -0.4 is 4.72 Å². The second-order valence-electron chi connectivity index (χ2n) is 8.74. The van der Waals surface area contributed by atoms with E-state index >= 15 is 4.39 Å². The largest absolute Gasteiger partial charge is 0.408 e. The number of fused-ring (bicyclic) bond motifs is 1. The molecule has 1 fully saturated rings. The first-order valence-electron chi connectivity index (χ1n) is 10.3. The molecule has 11 heteroatoms. The maximum Gasteiger partial charge on any atom is 0.408 e. The van der Waals surface area contributed by atoms with Gasteiger partial charge in [-0.1, -0.05) is 13.8 Å². The quantitative estimate of drug-likeness (QED) is 0.484. The molecule has 1 aromatic carbocycles. The minimum atomic E-state index is -4.89. The van der Waals surface area contributed by atoms with Gasteiger partial charge in [0.25, 0.3) is 0 Å². The molecule has 1 saturated carbocycles. The van der Waals surface area contributed by atoms with E-state index in [1.165, 1.54) is 18.5 Å². The van der Waals surface area contributed by atoms with E-state index in [0.717, 1.165) is 6.07 Å². The summed E-state index contributed by atoms with van der Waals surface area (Å²) in [5, 5.41) is 5.82. The summed E-state index contributed by atoms with van der Waals surface area (Å²) in [6.07, 6.45) is -1.42. The fourth-order valence-corrected chi connectivity index (χ4v) is 5.41. The average molecular weight is 473 g/mol. The van der Waals surface area contributed by atoms with E-state index in [1.54, 1.807) is 11.5 Å². The molecule has 0 spiro atoms. The third-order valence-electron chi connectivity index (χ3n) is 5.54. The van der Waals surface area contributed by atoms with Gasteiger partial charge in [0.15, 0.2) is 0 Å². The second-order valence-corrected chi connectivity index (χ2v) is 10.7. The van der Waals surface area contributed by atoms with Crippen LogP contribution in [0.3, 0.4) is 0 Å². The maximum atomic E-state index is 15.1. The fourth-order valence-electron chi connectivity index (χ4n) is 3.87. The molecule has 0 aliphatic heterocycles. The van der Waals surface area contributed by atoms with Crippen LogP contribution >= 0.6 is 0 Å². The van der Waals surface area contributed by atoms with E-state index in [4.69, 9.17) is 0 Å². The van der Waals surface area contributed by atoms with Gasteiger partial charge in [0.05, 0.1) is 17.1 Å². The van der Waals surface area contributed by atoms with E-state index < -0.39 is 33.3 Å². The van der Waals surface area contributed by atoms with Gasteiger partial charge in [-0.25, -0.2) is 12.8 Å². The number of nitrogens with one attached hydrogen (secondary N) is 2. The molecule has 0 radical (unpaired) electrons. The van der Waals surface area contributed by atoms with Crippen molar-refractivity contribution in [1.82, 2.24) is 19.5 Å². The summed E-state index contributed by atoms with van der Waals surface area (Å²) in [5.74, 6) is -0.632. The van der Waals surface area contributed by atoms with E-state index in [0.29, 0.717) is 36.2 Å². The molecule has 0 saturated heterocycles. The fraction of sp³-hybridized carbons (Fsp3) is 0.476. The van der Waals surface area contributed by atoms with Crippen LogP contribution in [-0.4, -0.2) is 34.6 Å². The molecular formula is C21H24F4N4O2S. The minimum absolute atomic E-state index is 0.0184. The van der Waals surface area contributed by atoms with Crippen molar-refractivity contribution in [1.29, 1.82) is 0 Å². The average Bonchev–Trinajstić information content (AvgIpc) is 3.38. The molecule has 2 aromatic heterocycles. The molecule has 0 unspecified atom stereocenters. The Labute approximate surface area is 183 Å². The first kappa shape index (κ1) is 22.8. The highest BCUT2D eigenvalue weighted by Gasteiger charge is 2.47. The molecule has 2 N–H and O–H groups in total. The Hall–Kier alpha value is -2.40. The molecule has 1 aliphatic rings. The van der Waals surface area contributed by atoms with Crippen LogP contribution in [0.1, 0.15) is 43.9 Å². The third-order valence-corrected chi connectivity index (χ3v) is 7.46. The van der Waals surface area contributed by atoms with Gasteiger partial charge in [-0.2, -0.15) is 23.0 Å². The number of rotatable bonds is 7. The summed E-state index contributed by atoms with van der Waals surface area (Å²) in [6.45, 7) is 5.94. The van der Waals surface area contributed by atoms with Crippen molar-refractivity contribution in [3.63, 3.8) is 0 Å². The Kier molecular flexibility index (Phi) is 5.61. The zero-order valence-corrected chi connectivity index (χ0v) is 18.6. The third kappa shape index (κ3) is 4.27. The molecule has 174 valence electrons. The normalized spacial score (nSPS) is 16.2. The summed E-state index contributed by atoms with van der Waals surface area (Å²) in [7, 11) is -4.15. The number of aromatic amines is 1. The molecule has 2 heterocycles. The second kappa shape index (κ2) is 7.87. The van der Waals surface area contributed by atoms with Gasteiger partial charge in [-0.15, -0.1) is 0 Å². The van der Waals surface area contributed by atoms with Gasteiger partial charge in [-0.05, 0) is 43.4 Å². The first-order chi connectivity index (χ1) is 14.9. The van der Waals surface area contributed by atoms with E-state index in [9.17, 15) is 21.6 Å². The maximum absolute atomic E-state index is 15.1. The molecule has 0 amide bonds. The number of sulfonamides is 1. The van der Waals surface area contributed by atoms with Gasteiger partial charge in [0, 0.05) is 34.8 Å². The Bertz CT molecular complexity index is 1260. The Morgan fingerprint density at radius 3 is 2.50 bits per heavy atom. The number of alkyl halides is 3. The lowest BCUT2D eigenvalue weighted by molar-refractivity contribution is -0.152. The number of benzene rings is 1. The number of H-pyrrole nitrogens is 1. The number of halogens is 4. The van der Waals surface area contributed by atoms with Gasteiger partial charge in [-0.3, -0.25) is 5.10 Å². The highest BCUT2D eigenvalue weighted by molar-refractivity contribution is 7.90. The lowest BCUT2D eigenvalue weighted by Crippen LogP contribution is -2.39. The van der Waals surface area contributed by atoms with Crippen LogP contribution in [0.2, 0.25) is 0 Å². The summed E-state index contributed by atoms with van der Waals surface area (Å²) in [5.41, 5.74) is 1.38. The molecule has 4 rings (SSSR count). The van der Waals surface area contributed by atoms with Crippen molar-refractivity contribution in [2.24, 2.45) is 5.92 Å². The molecule has 1 atom stereocenters. The summed E-state index contributed by atoms with van der Waals surface area (Å²) in [4.78, 5) is 0. The van der Waals surface area contributed by atoms with Crippen LogP contribution in [-0.2, 0) is 16.6 Å². The van der Waals surface area contributed by atoms with Gasteiger partial charge < -0.3 is 4.57 Å². The predicted octanol–water partition coefficient (Wildman–Crippen LogP) is 4.82. The predicted molar refractivity (Wildman–Crippen MR) is 113 cm³/mol. The zero-order chi connectivity index (χ0) is 23.4. The number of hydrogen-bond donors (Lipinski definition) is 2. The summed E-state index contributed by atoms with van der Waals surface area (Å²) in [6, 6.07) is 0.0596. The summed E-state index contributed by atoms with van der Waals surface area (Å²) >= 11 is 0. The Morgan fingerprint density at radius 1 is 1.28 bits per heavy atom. The SMILES string of the molecule is Cc1cn[nH]c1-c1cc2c(cc1F)c([C@H](NS(=O)(=O)C1CC1)C(F)(F)F)cn2CC(C)C. The van der Waals surface area contributed by atoms with Crippen molar-refractivity contribution in [2.75, 3.05) is 0 Å². The van der Waals surface area contributed by atoms with Crippen molar-refractivity contribution in [2.45, 2.75) is 57.6 Å². The molecule has 6 nitrogen and oxygen atoms in total. The topological polar surface area (TPSA) is 79.8 Å². The highest BCUT2D eigenvalue weighted by Crippen LogP contribution is 2.41. The van der Waals surface area contributed by atoms with Crippen molar-refractivity contribution in [3.8, 4) is 11.3 Å². The minimum Gasteiger partial charge on any atom is -0.347 e. The molecule has 3 aromatic rings. The van der Waals surface area contributed by atoms with Crippen molar-refractivity contribution in [3.05, 3.63) is 41.5 Å². The van der Waals surface area contributed by atoms with Crippen molar-refractivity contribution >= 4 is 20.9 Å². The monoisotopic (exact) mass is 472 g/mol. The number of aromatic nitrogens is 3. The summed E-state index contributed by atoms with van der Waals surface area (Å²) < 4.78 is 85.3. The lowest BCUT2D eigenvalue weighted by atomic mass is 10.0. The van der Waals surface area contributed by atoms with Gasteiger partial charge in [0.2, 0.25) is 10.0 Å². The van der Waals surface area contributed by atoms with Gasteiger partial charge in [0.1, 0.15) is 11.9 Å². The Balaban J connectivity index is 1.91. The molecular weight excluding hydrogens is 448 g/mol. The smallest absolute Gasteiger partial charge is 0.347 e. The van der Waals surface area contributed by atoms with Crippen LogP contribution in [0.5, 0.6) is 0 Å². The van der Waals surface area contributed by atoms with E-state index in [2.05, 4.69) is 10.2 Å².